The van der Waals surface area contributed by atoms with E-state index in [2.05, 4.69) is 23.1 Å². The third-order valence-electron chi connectivity index (χ3n) is 5.73. The molecule has 1 amide bonds. The number of carbonyl (C=O) groups excluding carboxylic acids is 1. The lowest BCUT2D eigenvalue weighted by Crippen LogP contribution is -2.54. The Bertz CT molecular complexity index is 851. The van der Waals surface area contributed by atoms with E-state index in [0.717, 1.165) is 13.0 Å². The van der Waals surface area contributed by atoms with Gasteiger partial charge in [0.1, 0.15) is 5.75 Å². The molecule has 1 saturated heterocycles. The highest BCUT2D eigenvalue weighted by Crippen LogP contribution is 2.35. The predicted molar refractivity (Wildman–Crippen MR) is 113 cm³/mol. The van der Waals surface area contributed by atoms with Crippen molar-refractivity contribution in [3.8, 4) is 5.75 Å². The minimum absolute atomic E-state index is 0.131. The van der Waals surface area contributed by atoms with Crippen molar-refractivity contribution in [1.29, 1.82) is 0 Å². The Balaban J connectivity index is 1.71. The van der Waals surface area contributed by atoms with E-state index in [4.69, 9.17) is 16.3 Å². The number of hydrogen-bond donors (Lipinski definition) is 3. The number of methoxy groups -OCH3 is 1. The van der Waals surface area contributed by atoms with Gasteiger partial charge in [0.2, 0.25) is 15.9 Å². The molecule has 0 aromatic heterocycles. The molecular weight excluding hydrogens is 416 g/mol. The third-order valence-corrected chi connectivity index (χ3v) is 8.39. The minimum atomic E-state index is -3.64. The average Bonchev–Trinajstić information content (AvgIpc) is 3.13. The quantitative estimate of drug-likeness (QED) is 0.593. The number of likely N-dealkylation sites (N-methyl/N-ethyl adjacent to an activating group) is 1. The number of nitrogens with zero attached hydrogens (tertiary/aromatic N) is 1. The maximum atomic E-state index is 13.4. The predicted octanol–water partition coefficient (Wildman–Crippen LogP) is 1.83. The van der Waals surface area contributed by atoms with Gasteiger partial charge in [-0.3, -0.25) is 15.6 Å². The molecule has 1 aliphatic heterocycles. The van der Waals surface area contributed by atoms with E-state index in [0.29, 0.717) is 28.8 Å². The Morgan fingerprint density at radius 1 is 1.38 bits per heavy atom. The number of fused-ring (bicyclic) bond motifs is 1. The second-order valence-corrected chi connectivity index (χ2v) is 10.4. The molecule has 1 heterocycles. The zero-order valence-corrected chi connectivity index (χ0v) is 18.5. The van der Waals surface area contributed by atoms with E-state index >= 15 is 0 Å². The highest BCUT2D eigenvalue weighted by molar-refractivity contribution is 7.89. The van der Waals surface area contributed by atoms with E-state index in [1.165, 1.54) is 11.4 Å². The molecule has 4 unspecified atom stereocenters. The Morgan fingerprint density at radius 2 is 2.14 bits per heavy atom. The monoisotopic (exact) mass is 444 g/mol. The van der Waals surface area contributed by atoms with Crippen LogP contribution in [0.15, 0.2) is 18.2 Å². The molecule has 0 bridgehead atoms. The largest absolute Gasteiger partial charge is 0.495 e. The number of amides is 1. The number of carbonyl (C=O) groups is 1. The zero-order valence-electron chi connectivity index (χ0n) is 16.9. The summed E-state index contributed by atoms with van der Waals surface area (Å²) in [4.78, 5) is 12.5. The van der Waals surface area contributed by atoms with Gasteiger partial charge in [-0.1, -0.05) is 25.4 Å². The van der Waals surface area contributed by atoms with Crippen molar-refractivity contribution in [2.45, 2.75) is 38.0 Å². The van der Waals surface area contributed by atoms with Gasteiger partial charge in [0, 0.05) is 24.8 Å². The summed E-state index contributed by atoms with van der Waals surface area (Å²) in [6.07, 6.45) is 1.59. The molecule has 3 rings (SSSR count). The highest BCUT2D eigenvalue weighted by atomic mass is 35.5. The van der Waals surface area contributed by atoms with E-state index < -0.39 is 21.2 Å². The Labute approximate surface area is 177 Å². The summed E-state index contributed by atoms with van der Waals surface area (Å²) in [5.41, 5.74) is 6.73. The van der Waals surface area contributed by atoms with Gasteiger partial charge < -0.3 is 10.1 Å². The number of anilines is 1. The van der Waals surface area contributed by atoms with Crippen LogP contribution in [0.1, 0.15) is 26.7 Å². The van der Waals surface area contributed by atoms with Crippen molar-refractivity contribution in [2.24, 2.45) is 11.8 Å². The molecule has 1 saturated carbocycles. The molecule has 4 atom stereocenters. The molecule has 2 aliphatic rings. The summed E-state index contributed by atoms with van der Waals surface area (Å²) in [6.45, 7) is 4.60. The summed E-state index contributed by atoms with van der Waals surface area (Å²) in [7, 11) is -2.13. The van der Waals surface area contributed by atoms with Gasteiger partial charge in [-0.05, 0) is 42.9 Å². The van der Waals surface area contributed by atoms with Crippen molar-refractivity contribution in [1.82, 2.24) is 15.2 Å². The second-order valence-electron chi connectivity index (χ2n) is 7.79. The van der Waals surface area contributed by atoms with Gasteiger partial charge in [-0.15, -0.1) is 0 Å². The van der Waals surface area contributed by atoms with E-state index in [1.54, 1.807) is 25.1 Å². The van der Waals surface area contributed by atoms with E-state index in [9.17, 15) is 13.2 Å². The topological polar surface area (TPSA) is 99.8 Å². The van der Waals surface area contributed by atoms with Crippen molar-refractivity contribution < 1.29 is 17.9 Å². The number of benzene rings is 1. The van der Waals surface area contributed by atoms with Crippen molar-refractivity contribution in [3.05, 3.63) is 23.2 Å². The Hall–Kier alpha value is -1.39. The van der Waals surface area contributed by atoms with Crippen LogP contribution in [0, 0.1) is 11.8 Å². The number of hydrogen-bond acceptors (Lipinski definition) is 6. The van der Waals surface area contributed by atoms with Crippen LogP contribution in [0.2, 0.25) is 5.02 Å². The standard InChI is InChI=1S/C19H29ClN4O4S/c1-4-24(11-18(25)22-14-5-6-16(28-3)15(20)9-14)29(26,27)17-8-12(2)7-13-10-21-23-19(13)17/h5-6,9,12-13,17,19,21,23H,4,7-8,10-11H2,1-3H3,(H,22,25). The van der Waals surface area contributed by atoms with Crippen molar-refractivity contribution in [3.63, 3.8) is 0 Å². The molecule has 1 aromatic carbocycles. The molecule has 3 N–H and O–H groups in total. The van der Waals surface area contributed by atoms with Crippen LogP contribution >= 0.6 is 11.6 Å². The summed E-state index contributed by atoms with van der Waals surface area (Å²) in [5.74, 6) is 0.704. The molecule has 2 fully saturated rings. The number of hydrazine groups is 1. The smallest absolute Gasteiger partial charge is 0.239 e. The van der Waals surface area contributed by atoms with Gasteiger partial charge in [-0.25, -0.2) is 8.42 Å². The number of nitrogens with one attached hydrogen (secondary N) is 3. The fraction of sp³-hybridized carbons (Fsp3) is 0.632. The SMILES string of the molecule is CCN(CC(=O)Nc1ccc(OC)c(Cl)c1)S(=O)(=O)C1CC(C)CC2CNNC21. The zero-order chi connectivity index (χ0) is 21.2. The van der Waals surface area contributed by atoms with Crippen LogP contribution in [0.3, 0.4) is 0 Å². The lowest BCUT2D eigenvalue weighted by Gasteiger charge is -2.38. The summed E-state index contributed by atoms with van der Waals surface area (Å²) in [6, 6.07) is 4.75. The first kappa shape index (κ1) is 22.3. The van der Waals surface area contributed by atoms with Crippen molar-refractivity contribution >= 4 is 33.2 Å². The molecule has 1 aromatic rings. The number of rotatable bonds is 7. The van der Waals surface area contributed by atoms with Gasteiger partial charge in [0.25, 0.3) is 0 Å². The van der Waals surface area contributed by atoms with Crippen LogP contribution < -0.4 is 20.9 Å². The summed E-state index contributed by atoms with van der Waals surface area (Å²) >= 11 is 6.09. The third kappa shape index (κ3) is 4.86. The molecule has 162 valence electrons. The van der Waals surface area contributed by atoms with Crippen LogP contribution in [0.25, 0.3) is 0 Å². The maximum absolute atomic E-state index is 13.4. The first-order valence-electron chi connectivity index (χ1n) is 9.87. The normalized spacial score (nSPS) is 26.9. The molecule has 1 aliphatic carbocycles. The van der Waals surface area contributed by atoms with Gasteiger partial charge >= 0.3 is 0 Å². The number of sulfonamides is 1. The Morgan fingerprint density at radius 3 is 2.79 bits per heavy atom. The maximum Gasteiger partial charge on any atom is 0.239 e. The molecule has 0 spiro atoms. The lowest BCUT2D eigenvalue weighted by molar-refractivity contribution is -0.116. The van der Waals surface area contributed by atoms with Gasteiger partial charge in [0.15, 0.2) is 0 Å². The van der Waals surface area contributed by atoms with Crippen molar-refractivity contribution in [2.75, 3.05) is 32.1 Å². The van der Waals surface area contributed by atoms with E-state index in [1.807, 2.05) is 0 Å². The Kier molecular flexibility index (Phi) is 7.06. The van der Waals surface area contributed by atoms with E-state index in [-0.39, 0.29) is 25.0 Å². The fourth-order valence-electron chi connectivity index (χ4n) is 4.32. The minimum Gasteiger partial charge on any atom is -0.495 e. The molecule has 29 heavy (non-hydrogen) atoms. The van der Waals surface area contributed by atoms with Crippen LogP contribution in [0.4, 0.5) is 5.69 Å². The second kappa shape index (κ2) is 9.18. The molecule has 8 nitrogen and oxygen atoms in total. The van der Waals surface area contributed by atoms with Crippen LogP contribution in [-0.4, -0.2) is 56.7 Å². The first-order chi connectivity index (χ1) is 13.8. The van der Waals surface area contributed by atoms with Gasteiger partial charge in [0.05, 0.1) is 23.9 Å². The number of ether oxygens (including phenoxy) is 1. The highest BCUT2D eigenvalue weighted by Gasteiger charge is 2.47. The molecule has 0 radical (unpaired) electrons. The summed E-state index contributed by atoms with van der Waals surface area (Å²) in [5, 5.41) is 2.54. The lowest BCUT2D eigenvalue weighted by atomic mass is 9.79. The van der Waals surface area contributed by atoms with Crippen LogP contribution in [-0.2, 0) is 14.8 Å². The average molecular weight is 445 g/mol. The fourth-order valence-corrected chi connectivity index (χ4v) is 6.85. The van der Waals surface area contributed by atoms with Gasteiger partial charge in [-0.2, -0.15) is 4.31 Å². The molecular formula is C19H29ClN4O4S. The number of halogens is 1. The summed E-state index contributed by atoms with van der Waals surface area (Å²) < 4.78 is 33.1. The molecule has 10 heteroatoms. The van der Waals surface area contributed by atoms with Crippen LogP contribution in [0.5, 0.6) is 5.75 Å². The first-order valence-corrected chi connectivity index (χ1v) is 11.7.